The molecule has 0 bridgehead atoms. The zero-order valence-electron chi connectivity index (χ0n) is 15.2. The maximum Gasteiger partial charge on any atom is 0.182 e. The number of hydrogen-bond donors (Lipinski definition) is 1. The van der Waals surface area contributed by atoms with Gasteiger partial charge < -0.3 is 4.52 Å². The van der Waals surface area contributed by atoms with E-state index >= 15 is 0 Å². The third-order valence-corrected chi connectivity index (χ3v) is 5.37. The first-order valence-corrected chi connectivity index (χ1v) is 9.80. The molecule has 138 valence electrons. The number of hydrazone groups is 1. The van der Waals surface area contributed by atoms with Crippen molar-refractivity contribution in [2.24, 2.45) is 10.1 Å². The molecule has 1 aromatic carbocycles. The fourth-order valence-electron chi connectivity index (χ4n) is 3.04. The molecule has 1 aliphatic heterocycles. The Morgan fingerprint density at radius 3 is 2.74 bits per heavy atom. The predicted octanol–water partition coefficient (Wildman–Crippen LogP) is 4.77. The van der Waals surface area contributed by atoms with Gasteiger partial charge in [0, 0.05) is 33.8 Å². The molecule has 8 heteroatoms. The second-order valence-electron chi connectivity index (χ2n) is 6.27. The van der Waals surface area contributed by atoms with Crippen LogP contribution < -0.4 is 5.43 Å². The van der Waals surface area contributed by atoms with Crippen molar-refractivity contribution in [3.63, 3.8) is 0 Å². The maximum atomic E-state index is 6.01. The highest BCUT2D eigenvalue weighted by Crippen LogP contribution is 2.25. The molecule has 0 unspecified atom stereocenters. The Bertz CT molecular complexity index is 1070. The van der Waals surface area contributed by atoms with E-state index < -0.39 is 0 Å². The van der Waals surface area contributed by atoms with E-state index in [2.05, 4.69) is 45.2 Å². The number of halogens is 1. The van der Waals surface area contributed by atoms with Crippen molar-refractivity contribution < 1.29 is 4.52 Å². The number of aryl methyl sites for hydroxylation is 2. The van der Waals surface area contributed by atoms with Crippen LogP contribution in [-0.2, 0) is 0 Å². The van der Waals surface area contributed by atoms with E-state index in [1.54, 1.807) is 11.8 Å². The average Bonchev–Trinajstić information content (AvgIpc) is 3.18. The predicted molar refractivity (Wildman–Crippen MR) is 111 cm³/mol. The summed E-state index contributed by atoms with van der Waals surface area (Å²) < 4.78 is 7.30. The molecule has 27 heavy (non-hydrogen) atoms. The monoisotopic (exact) mass is 399 g/mol. The van der Waals surface area contributed by atoms with Gasteiger partial charge in [-0.25, -0.2) is 4.99 Å². The topological polar surface area (TPSA) is 67.7 Å². The molecule has 3 aromatic rings. The van der Waals surface area contributed by atoms with Gasteiger partial charge in [0.05, 0.1) is 11.4 Å². The molecule has 3 heterocycles. The van der Waals surface area contributed by atoms with E-state index in [1.165, 1.54) is 0 Å². The van der Waals surface area contributed by atoms with Gasteiger partial charge in [0.25, 0.3) is 0 Å². The normalized spacial score (nSPS) is 15.7. The van der Waals surface area contributed by atoms with Gasteiger partial charge in [-0.2, -0.15) is 5.10 Å². The highest BCUT2D eigenvalue weighted by molar-refractivity contribution is 8.14. The van der Waals surface area contributed by atoms with Crippen LogP contribution >= 0.6 is 23.4 Å². The van der Waals surface area contributed by atoms with Crippen LogP contribution in [0.25, 0.3) is 5.82 Å². The van der Waals surface area contributed by atoms with Crippen LogP contribution in [0, 0.1) is 20.8 Å². The van der Waals surface area contributed by atoms with Crippen LogP contribution in [0.15, 0.2) is 51.0 Å². The molecule has 0 amide bonds. The molecule has 0 spiro atoms. The number of aromatic nitrogens is 2. The largest absolute Gasteiger partial charge is 0.360 e. The van der Waals surface area contributed by atoms with Crippen LogP contribution in [0.2, 0.25) is 5.02 Å². The first-order valence-electron chi connectivity index (χ1n) is 8.44. The van der Waals surface area contributed by atoms with Crippen molar-refractivity contribution in [1.82, 2.24) is 15.1 Å². The number of benzene rings is 1. The molecule has 2 aromatic heterocycles. The zero-order valence-corrected chi connectivity index (χ0v) is 16.7. The maximum absolute atomic E-state index is 6.01. The summed E-state index contributed by atoms with van der Waals surface area (Å²) in [6.07, 6.45) is 0. The van der Waals surface area contributed by atoms with Crippen molar-refractivity contribution in [3.05, 3.63) is 64.1 Å². The molecule has 0 saturated carbocycles. The van der Waals surface area contributed by atoms with Gasteiger partial charge >= 0.3 is 0 Å². The minimum Gasteiger partial charge on any atom is -0.360 e. The van der Waals surface area contributed by atoms with Crippen LogP contribution in [0.5, 0.6) is 0 Å². The van der Waals surface area contributed by atoms with Gasteiger partial charge in [0.2, 0.25) is 0 Å². The molecule has 0 saturated heterocycles. The molecule has 0 radical (unpaired) electrons. The standard InChI is InChI=1S/C19H18ClN5OS/c1-11-7-16(13(3)25(11)18-8-12(2)26-24-18)17-10-27-19(23-22-17)21-15-6-4-5-14(20)9-15/h4-9H,10H2,1-3H3,(H,21,23). The summed E-state index contributed by atoms with van der Waals surface area (Å²) in [5.41, 5.74) is 8.09. The van der Waals surface area contributed by atoms with Crippen molar-refractivity contribution in [1.29, 1.82) is 0 Å². The summed E-state index contributed by atoms with van der Waals surface area (Å²) in [6, 6.07) is 11.5. The van der Waals surface area contributed by atoms with E-state index in [0.717, 1.165) is 50.8 Å². The molecular weight excluding hydrogens is 382 g/mol. The minimum atomic E-state index is 0.664. The lowest BCUT2D eigenvalue weighted by atomic mass is 10.1. The van der Waals surface area contributed by atoms with Crippen molar-refractivity contribution >= 4 is 39.9 Å². The van der Waals surface area contributed by atoms with E-state index in [4.69, 9.17) is 16.1 Å². The number of thioether (sulfide) groups is 1. The summed E-state index contributed by atoms with van der Waals surface area (Å²) in [4.78, 5) is 4.55. The van der Waals surface area contributed by atoms with E-state index in [9.17, 15) is 0 Å². The summed E-state index contributed by atoms with van der Waals surface area (Å²) in [5, 5.41) is 10.1. The van der Waals surface area contributed by atoms with Crippen LogP contribution in [0.4, 0.5) is 5.69 Å². The number of hydrogen-bond acceptors (Lipinski definition) is 5. The lowest BCUT2D eigenvalue weighted by Gasteiger charge is -2.15. The number of aliphatic imine (C=N–C) groups is 1. The quantitative estimate of drug-likeness (QED) is 0.688. The summed E-state index contributed by atoms with van der Waals surface area (Å²) in [7, 11) is 0. The van der Waals surface area contributed by atoms with Gasteiger partial charge in [0.1, 0.15) is 5.76 Å². The smallest absolute Gasteiger partial charge is 0.182 e. The summed E-state index contributed by atoms with van der Waals surface area (Å²) in [6.45, 7) is 6.00. The first kappa shape index (κ1) is 17.9. The molecule has 0 atom stereocenters. The van der Waals surface area contributed by atoms with Crippen LogP contribution in [0.1, 0.15) is 22.7 Å². The van der Waals surface area contributed by atoms with Crippen LogP contribution in [0.3, 0.4) is 0 Å². The summed E-state index contributed by atoms with van der Waals surface area (Å²) in [5.74, 6) is 2.30. The Morgan fingerprint density at radius 2 is 2.07 bits per heavy atom. The lowest BCUT2D eigenvalue weighted by molar-refractivity contribution is 0.394. The van der Waals surface area contributed by atoms with Crippen molar-refractivity contribution in [3.8, 4) is 5.82 Å². The van der Waals surface area contributed by atoms with Gasteiger partial charge in [-0.1, -0.05) is 34.6 Å². The van der Waals surface area contributed by atoms with Gasteiger partial charge in [-0.3, -0.25) is 9.99 Å². The Labute approximate surface area is 166 Å². The second-order valence-corrected chi connectivity index (χ2v) is 7.67. The number of amidine groups is 1. The van der Waals surface area contributed by atoms with E-state index in [1.807, 2.05) is 37.3 Å². The van der Waals surface area contributed by atoms with Crippen molar-refractivity contribution in [2.45, 2.75) is 20.8 Å². The molecule has 1 aliphatic rings. The number of nitrogens with one attached hydrogen (secondary N) is 1. The third kappa shape index (κ3) is 3.65. The molecule has 4 rings (SSSR count). The fourth-order valence-corrected chi connectivity index (χ4v) is 4.00. The number of rotatable bonds is 3. The minimum absolute atomic E-state index is 0.664. The van der Waals surface area contributed by atoms with E-state index in [-0.39, 0.29) is 0 Å². The Kier molecular flexibility index (Phi) is 4.80. The first-order chi connectivity index (χ1) is 13.0. The Balaban J connectivity index is 1.60. The number of nitrogens with zero attached hydrogens (tertiary/aromatic N) is 4. The van der Waals surface area contributed by atoms with Gasteiger partial charge in [-0.05, 0) is 45.0 Å². The molecule has 0 fully saturated rings. The molecular formula is C19H18ClN5OS. The third-order valence-electron chi connectivity index (χ3n) is 4.26. The fraction of sp³-hybridized carbons (Fsp3) is 0.211. The Hall–Kier alpha value is -2.51. The van der Waals surface area contributed by atoms with E-state index in [0.29, 0.717) is 5.02 Å². The summed E-state index contributed by atoms with van der Waals surface area (Å²) >= 11 is 7.63. The lowest BCUT2D eigenvalue weighted by Crippen LogP contribution is -2.25. The average molecular weight is 400 g/mol. The molecule has 6 nitrogen and oxygen atoms in total. The van der Waals surface area contributed by atoms with Crippen molar-refractivity contribution in [2.75, 3.05) is 5.75 Å². The molecule has 1 N–H and O–H groups in total. The van der Waals surface area contributed by atoms with Crippen LogP contribution in [-0.4, -0.2) is 26.4 Å². The highest BCUT2D eigenvalue weighted by Gasteiger charge is 2.20. The van der Waals surface area contributed by atoms with Gasteiger partial charge in [-0.15, -0.1) is 0 Å². The second kappa shape index (κ2) is 7.25. The highest BCUT2D eigenvalue weighted by atomic mass is 35.5. The SMILES string of the molecule is Cc1cc(-n2c(C)cc(C3=NNC(=Nc4cccc(Cl)c4)SC3)c2C)no1. The van der Waals surface area contributed by atoms with Gasteiger partial charge in [0.15, 0.2) is 11.0 Å². The Morgan fingerprint density at radius 1 is 1.22 bits per heavy atom. The zero-order chi connectivity index (χ0) is 19.0. The molecule has 0 aliphatic carbocycles.